The number of nitrogens with zero attached hydrogens (tertiary/aromatic N) is 4. The molecule has 1 saturated heterocycles. The number of aromatic amines is 1. The van der Waals surface area contributed by atoms with Gasteiger partial charge >= 0.3 is 0 Å². The number of carbonyl (C=O) groups excluding carboxylic acids is 1. The van der Waals surface area contributed by atoms with E-state index in [-0.39, 0.29) is 5.91 Å². The first kappa shape index (κ1) is 20.6. The molecule has 0 aromatic carbocycles. The average Bonchev–Trinajstić information content (AvgIpc) is 3.19. The lowest BCUT2D eigenvalue weighted by atomic mass is 9.99. The van der Waals surface area contributed by atoms with Crippen LogP contribution < -0.4 is 5.73 Å². The number of likely N-dealkylation sites (N-methyl/N-ethyl adjacent to an activating group) is 1. The smallest absolute Gasteiger partial charge is 0.264 e. The van der Waals surface area contributed by atoms with Crippen molar-refractivity contribution in [2.45, 2.75) is 32.7 Å². The van der Waals surface area contributed by atoms with E-state index in [1.54, 1.807) is 11.3 Å². The summed E-state index contributed by atoms with van der Waals surface area (Å²) in [6.07, 6.45) is 3.08. The molecule has 4 rings (SSSR count). The first-order valence-corrected chi connectivity index (χ1v) is 10.9. The Kier molecular flexibility index (Phi) is 5.38. The molecule has 158 valence electrons. The topological polar surface area (TPSA) is 90.6 Å². The quantitative estimate of drug-likeness (QED) is 0.482. The number of hydrogen-bond acceptors (Lipinski definition) is 5. The van der Waals surface area contributed by atoms with Crippen molar-refractivity contribution in [2.24, 2.45) is 10.7 Å². The third-order valence-electron chi connectivity index (χ3n) is 5.71. The summed E-state index contributed by atoms with van der Waals surface area (Å²) in [4.78, 5) is 29.9. The van der Waals surface area contributed by atoms with E-state index in [0.29, 0.717) is 17.8 Å². The molecule has 8 heteroatoms. The van der Waals surface area contributed by atoms with Gasteiger partial charge in [-0.25, -0.2) is 9.98 Å². The largest absolute Gasteiger partial charge is 0.390 e. The Bertz CT molecular complexity index is 1120. The van der Waals surface area contributed by atoms with E-state index >= 15 is 0 Å². The molecule has 0 bridgehead atoms. The van der Waals surface area contributed by atoms with Gasteiger partial charge in [0.15, 0.2) is 5.82 Å². The van der Waals surface area contributed by atoms with Crippen molar-refractivity contribution in [3.05, 3.63) is 34.3 Å². The minimum Gasteiger partial charge on any atom is -0.390 e. The fourth-order valence-corrected chi connectivity index (χ4v) is 5.18. The molecule has 30 heavy (non-hydrogen) atoms. The number of carbonyl (C=O) groups is 1. The van der Waals surface area contributed by atoms with E-state index < -0.39 is 0 Å². The predicted molar refractivity (Wildman–Crippen MR) is 124 cm³/mol. The highest BCUT2D eigenvalue weighted by molar-refractivity contribution is 7.21. The number of aryl methyl sites for hydroxylation is 1. The highest BCUT2D eigenvalue weighted by Gasteiger charge is 2.33. The Morgan fingerprint density at radius 2 is 2.13 bits per heavy atom. The number of hydrogen-bond donors (Lipinski definition) is 2. The predicted octanol–water partition coefficient (Wildman–Crippen LogP) is 3.73. The van der Waals surface area contributed by atoms with E-state index in [1.807, 2.05) is 24.1 Å². The van der Waals surface area contributed by atoms with Crippen LogP contribution in [0.15, 0.2) is 23.3 Å². The zero-order valence-corrected chi connectivity index (χ0v) is 18.9. The summed E-state index contributed by atoms with van der Waals surface area (Å²) < 4.78 is 1.15. The van der Waals surface area contributed by atoms with Gasteiger partial charge in [-0.1, -0.05) is 13.8 Å². The van der Waals surface area contributed by atoms with Crippen LogP contribution >= 0.6 is 11.3 Å². The van der Waals surface area contributed by atoms with Crippen LogP contribution in [-0.2, 0) is 0 Å². The number of nitrogens with one attached hydrogen (secondary N) is 1. The SMILES string of the molecule is Cc1cc(-c2[nH]c3cc(C(=O)N4CC(N(C)C)C4)sc3c2C(C)C)cnc1N=CN. The molecule has 3 aromatic heterocycles. The molecular formula is C22H28N6OS. The van der Waals surface area contributed by atoms with Crippen molar-refractivity contribution >= 4 is 39.6 Å². The molecule has 3 N–H and O–H groups in total. The number of aliphatic imine (C=N–C) groups is 1. The molecule has 0 saturated carbocycles. The highest BCUT2D eigenvalue weighted by Crippen LogP contribution is 2.40. The van der Waals surface area contributed by atoms with E-state index in [0.717, 1.165) is 45.0 Å². The molecule has 1 amide bonds. The summed E-state index contributed by atoms with van der Waals surface area (Å²) in [6.45, 7) is 7.92. The number of pyridine rings is 1. The lowest BCUT2D eigenvalue weighted by molar-refractivity contribution is 0.0404. The Labute approximate surface area is 180 Å². The van der Waals surface area contributed by atoms with Crippen molar-refractivity contribution in [3.63, 3.8) is 0 Å². The number of fused-ring (bicyclic) bond motifs is 1. The van der Waals surface area contributed by atoms with Gasteiger partial charge in [0.1, 0.15) is 0 Å². The summed E-state index contributed by atoms with van der Waals surface area (Å²) in [7, 11) is 4.12. The molecule has 1 fully saturated rings. The van der Waals surface area contributed by atoms with Crippen molar-refractivity contribution in [1.29, 1.82) is 0 Å². The van der Waals surface area contributed by atoms with Gasteiger partial charge in [-0.3, -0.25) is 4.79 Å². The van der Waals surface area contributed by atoms with Crippen LogP contribution in [0.3, 0.4) is 0 Å². The average molecular weight is 425 g/mol. The summed E-state index contributed by atoms with van der Waals surface area (Å²) in [6, 6.07) is 4.52. The van der Waals surface area contributed by atoms with Gasteiger partial charge < -0.3 is 20.5 Å². The zero-order chi connectivity index (χ0) is 21.6. The standard InChI is InChI=1S/C22H28N6OS/c1-12(2)18-19(14-6-13(3)21(24-8-14)25-11-23)26-16-7-17(30-20(16)18)22(29)28-9-15(10-28)27(4)5/h6-8,11-12,15,26H,9-10H2,1-5H3,(H2,23,24,25). The lowest BCUT2D eigenvalue weighted by Gasteiger charge is -2.42. The van der Waals surface area contributed by atoms with Crippen LogP contribution in [-0.4, -0.2) is 65.2 Å². The molecule has 0 radical (unpaired) electrons. The third kappa shape index (κ3) is 3.50. The summed E-state index contributed by atoms with van der Waals surface area (Å²) in [5.41, 5.74) is 10.7. The monoisotopic (exact) mass is 424 g/mol. The molecule has 0 atom stereocenters. The number of thiophene rings is 1. The van der Waals surface area contributed by atoms with Gasteiger partial charge in [0.2, 0.25) is 0 Å². The number of aromatic nitrogens is 2. The van der Waals surface area contributed by atoms with E-state index in [2.05, 4.69) is 53.9 Å². The Morgan fingerprint density at radius 1 is 1.40 bits per heavy atom. The Morgan fingerprint density at radius 3 is 2.73 bits per heavy atom. The maximum atomic E-state index is 12.9. The van der Waals surface area contributed by atoms with Crippen molar-refractivity contribution in [2.75, 3.05) is 27.2 Å². The van der Waals surface area contributed by atoms with Crippen LogP contribution in [0.4, 0.5) is 5.82 Å². The fourth-order valence-electron chi connectivity index (χ4n) is 3.90. The van der Waals surface area contributed by atoms with E-state index in [1.165, 1.54) is 11.9 Å². The minimum absolute atomic E-state index is 0.125. The second-order valence-electron chi connectivity index (χ2n) is 8.39. The summed E-state index contributed by atoms with van der Waals surface area (Å²) >= 11 is 1.58. The molecule has 3 aromatic rings. The molecule has 7 nitrogen and oxygen atoms in total. The fraction of sp³-hybridized carbons (Fsp3) is 0.409. The van der Waals surface area contributed by atoms with Crippen molar-refractivity contribution in [1.82, 2.24) is 19.8 Å². The number of rotatable bonds is 5. The molecule has 1 aliphatic rings. The van der Waals surface area contributed by atoms with Gasteiger partial charge in [0.25, 0.3) is 5.91 Å². The molecule has 0 aliphatic carbocycles. The number of likely N-dealkylation sites (tertiary alicyclic amines) is 1. The number of nitrogens with two attached hydrogens (primary N) is 1. The Hall–Kier alpha value is -2.71. The summed E-state index contributed by atoms with van der Waals surface area (Å²) in [5, 5.41) is 0. The van der Waals surface area contributed by atoms with Crippen LogP contribution in [0.25, 0.3) is 21.5 Å². The van der Waals surface area contributed by atoms with Gasteiger partial charge in [-0.2, -0.15) is 0 Å². The van der Waals surface area contributed by atoms with Crippen LogP contribution in [0.2, 0.25) is 0 Å². The van der Waals surface area contributed by atoms with Crippen molar-refractivity contribution < 1.29 is 4.79 Å². The first-order valence-electron chi connectivity index (χ1n) is 10.1. The highest BCUT2D eigenvalue weighted by atomic mass is 32.1. The molecule has 1 aliphatic heterocycles. The van der Waals surface area contributed by atoms with Crippen molar-refractivity contribution in [3.8, 4) is 11.3 Å². The maximum absolute atomic E-state index is 12.9. The first-order chi connectivity index (χ1) is 14.3. The normalized spacial score (nSPS) is 15.1. The zero-order valence-electron chi connectivity index (χ0n) is 18.1. The van der Waals surface area contributed by atoms with Crippen LogP contribution in [0.5, 0.6) is 0 Å². The van der Waals surface area contributed by atoms with Gasteiger partial charge in [0.05, 0.1) is 27.1 Å². The number of amides is 1. The second kappa shape index (κ2) is 7.85. The second-order valence-corrected chi connectivity index (χ2v) is 9.44. The Balaban J connectivity index is 1.68. The van der Waals surface area contributed by atoms with Gasteiger partial charge in [-0.05, 0) is 50.2 Å². The number of H-pyrrole nitrogens is 1. The van der Waals surface area contributed by atoms with Crippen LogP contribution in [0.1, 0.15) is 40.6 Å². The van der Waals surface area contributed by atoms with Crippen LogP contribution in [0, 0.1) is 6.92 Å². The minimum atomic E-state index is 0.125. The van der Waals surface area contributed by atoms with Gasteiger partial charge in [0, 0.05) is 30.9 Å². The third-order valence-corrected chi connectivity index (χ3v) is 6.87. The molecular weight excluding hydrogens is 396 g/mol. The maximum Gasteiger partial charge on any atom is 0.264 e. The summed E-state index contributed by atoms with van der Waals surface area (Å²) in [5.74, 6) is 1.05. The van der Waals surface area contributed by atoms with E-state index in [9.17, 15) is 4.79 Å². The van der Waals surface area contributed by atoms with E-state index in [4.69, 9.17) is 5.73 Å². The van der Waals surface area contributed by atoms with Gasteiger partial charge in [-0.15, -0.1) is 11.3 Å². The molecule has 0 unspecified atom stereocenters. The lowest BCUT2D eigenvalue weighted by Crippen LogP contribution is -2.59. The molecule has 4 heterocycles. The molecule has 0 spiro atoms.